The maximum Gasteiger partial charge on any atom is 0.310 e. The van der Waals surface area contributed by atoms with E-state index in [-0.39, 0.29) is 24.3 Å². The summed E-state index contributed by atoms with van der Waals surface area (Å²) in [5.74, 6) is -0.937. The maximum atomic E-state index is 12.1. The third kappa shape index (κ3) is 3.16. The fourth-order valence-corrected chi connectivity index (χ4v) is 2.11. The molecule has 0 fully saturated rings. The average Bonchev–Trinajstić information content (AvgIpc) is 2.88. The standard InChI is InChI=1S/C13H20N4O3/c1-3-20-13(19)8(2)6-15-12(18)11-9-7-14-5-4-10(9)16-17-11/h8,14H,3-7H2,1-2H3,(H,15,18)(H,16,17). The van der Waals surface area contributed by atoms with Crippen LogP contribution in [0.25, 0.3) is 0 Å². The van der Waals surface area contributed by atoms with Crippen LogP contribution in [-0.4, -0.2) is 41.8 Å². The topological polar surface area (TPSA) is 96.1 Å². The van der Waals surface area contributed by atoms with E-state index in [9.17, 15) is 9.59 Å². The summed E-state index contributed by atoms with van der Waals surface area (Å²) in [5.41, 5.74) is 2.33. The molecule has 1 aliphatic rings. The van der Waals surface area contributed by atoms with Crippen molar-refractivity contribution in [3.05, 3.63) is 17.0 Å². The van der Waals surface area contributed by atoms with E-state index in [2.05, 4.69) is 20.8 Å². The molecule has 7 heteroatoms. The summed E-state index contributed by atoms with van der Waals surface area (Å²) in [6.45, 7) is 5.59. The number of nitrogens with zero attached hydrogens (tertiary/aromatic N) is 1. The van der Waals surface area contributed by atoms with E-state index in [1.54, 1.807) is 13.8 Å². The Bertz CT molecular complexity index is 498. The molecule has 1 aromatic rings. The maximum absolute atomic E-state index is 12.1. The molecule has 2 heterocycles. The molecule has 2 rings (SSSR count). The lowest BCUT2D eigenvalue weighted by Gasteiger charge is -2.14. The summed E-state index contributed by atoms with van der Waals surface area (Å²) in [6, 6.07) is 0. The minimum atomic E-state index is -0.369. The molecule has 1 unspecified atom stereocenters. The average molecular weight is 280 g/mol. The summed E-state index contributed by atoms with van der Waals surface area (Å²) in [6.07, 6.45) is 0.842. The lowest BCUT2D eigenvalue weighted by atomic mass is 10.1. The number of rotatable bonds is 5. The second kappa shape index (κ2) is 6.51. The Morgan fingerprint density at radius 3 is 3.05 bits per heavy atom. The first kappa shape index (κ1) is 14.5. The Kier molecular flexibility index (Phi) is 4.73. The molecule has 0 aromatic carbocycles. The van der Waals surface area contributed by atoms with Crippen molar-refractivity contribution in [2.75, 3.05) is 19.7 Å². The van der Waals surface area contributed by atoms with Crippen LogP contribution in [0.2, 0.25) is 0 Å². The van der Waals surface area contributed by atoms with Crippen LogP contribution in [-0.2, 0) is 22.5 Å². The number of fused-ring (bicyclic) bond motifs is 1. The third-order valence-corrected chi connectivity index (χ3v) is 3.28. The highest BCUT2D eigenvalue weighted by atomic mass is 16.5. The number of carbonyl (C=O) groups excluding carboxylic acids is 2. The van der Waals surface area contributed by atoms with Crippen LogP contribution in [0.4, 0.5) is 0 Å². The Morgan fingerprint density at radius 2 is 2.30 bits per heavy atom. The largest absolute Gasteiger partial charge is 0.466 e. The van der Waals surface area contributed by atoms with E-state index in [4.69, 9.17) is 4.74 Å². The number of esters is 1. The van der Waals surface area contributed by atoms with E-state index in [0.29, 0.717) is 18.8 Å². The van der Waals surface area contributed by atoms with Gasteiger partial charge in [-0.3, -0.25) is 14.7 Å². The van der Waals surface area contributed by atoms with Crippen LogP contribution in [0.15, 0.2) is 0 Å². The lowest BCUT2D eigenvalue weighted by molar-refractivity contribution is -0.147. The summed E-state index contributed by atoms with van der Waals surface area (Å²) < 4.78 is 4.90. The molecule has 3 N–H and O–H groups in total. The summed E-state index contributed by atoms with van der Waals surface area (Å²) >= 11 is 0. The predicted octanol–water partition coefficient (Wildman–Crippen LogP) is -0.0156. The van der Waals surface area contributed by atoms with Gasteiger partial charge in [0.15, 0.2) is 5.69 Å². The number of carbonyl (C=O) groups is 2. The highest BCUT2D eigenvalue weighted by molar-refractivity contribution is 5.94. The molecule has 0 saturated heterocycles. The van der Waals surface area contributed by atoms with Gasteiger partial charge in [0.1, 0.15) is 0 Å². The Balaban J connectivity index is 1.92. The monoisotopic (exact) mass is 280 g/mol. The highest BCUT2D eigenvalue weighted by Gasteiger charge is 2.22. The van der Waals surface area contributed by atoms with Crippen molar-refractivity contribution < 1.29 is 14.3 Å². The van der Waals surface area contributed by atoms with E-state index in [1.807, 2.05) is 0 Å². The number of H-pyrrole nitrogens is 1. The van der Waals surface area contributed by atoms with Gasteiger partial charge in [-0.15, -0.1) is 0 Å². The molecule has 0 saturated carbocycles. The molecule has 110 valence electrons. The number of ether oxygens (including phenoxy) is 1. The van der Waals surface area contributed by atoms with Gasteiger partial charge in [-0.25, -0.2) is 0 Å². The third-order valence-electron chi connectivity index (χ3n) is 3.28. The van der Waals surface area contributed by atoms with E-state index in [0.717, 1.165) is 24.2 Å². The molecule has 0 spiro atoms. The molecule has 1 aliphatic heterocycles. The molecule has 1 atom stereocenters. The van der Waals surface area contributed by atoms with E-state index < -0.39 is 0 Å². The van der Waals surface area contributed by atoms with Crippen molar-refractivity contribution in [2.24, 2.45) is 5.92 Å². The lowest BCUT2D eigenvalue weighted by Crippen LogP contribution is -2.34. The van der Waals surface area contributed by atoms with Gasteiger partial charge >= 0.3 is 5.97 Å². The fourth-order valence-electron chi connectivity index (χ4n) is 2.11. The Morgan fingerprint density at radius 1 is 1.50 bits per heavy atom. The molecular formula is C13H20N4O3. The van der Waals surface area contributed by atoms with Crippen LogP contribution in [0.1, 0.15) is 35.6 Å². The molecule has 0 aliphatic carbocycles. The van der Waals surface area contributed by atoms with Gasteiger partial charge in [0, 0.05) is 37.3 Å². The van der Waals surface area contributed by atoms with Crippen molar-refractivity contribution in [1.82, 2.24) is 20.8 Å². The van der Waals surface area contributed by atoms with Gasteiger partial charge in [0.05, 0.1) is 12.5 Å². The van der Waals surface area contributed by atoms with Crippen molar-refractivity contribution in [3.8, 4) is 0 Å². The van der Waals surface area contributed by atoms with Gasteiger partial charge in [-0.1, -0.05) is 6.92 Å². The van der Waals surface area contributed by atoms with Crippen molar-refractivity contribution in [2.45, 2.75) is 26.8 Å². The zero-order valence-electron chi connectivity index (χ0n) is 11.8. The van der Waals surface area contributed by atoms with Gasteiger partial charge in [-0.2, -0.15) is 5.10 Å². The number of aromatic amines is 1. The second-order valence-electron chi connectivity index (χ2n) is 4.82. The van der Waals surface area contributed by atoms with Gasteiger partial charge in [-0.05, 0) is 6.92 Å². The summed E-state index contributed by atoms with van der Waals surface area (Å²) in [4.78, 5) is 23.6. The van der Waals surface area contributed by atoms with E-state index in [1.165, 1.54) is 0 Å². The minimum absolute atomic E-state index is 0.243. The van der Waals surface area contributed by atoms with E-state index >= 15 is 0 Å². The molecule has 1 aromatic heterocycles. The first-order chi connectivity index (χ1) is 9.63. The molecule has 1 amide bonds. The summed E-state index contributed by atoms with van der Waals surface area (Å²) in [5, 5.41) is 12.9. The van der Waals surface area contributed by atoms with Gasteiger partial charge in [0.25, 0.3) is 5.91 Å². The molecule has 20 heavy (non-hydrogen) atoms. The normalized spacial score (nSPS) is 15.3. The van der Waals surface area contributed by atoms with Crippen LogP contribution >= 0.6 is 0 Å². The first-order valence-electron chi connectivity index (χ1n) is 6.85. The molecule has 7 nitrogen and oxygen atoms in total. The molecular weight excluding hydrogens is 260 g/mol. The summed E-state index contributed by atoms with van der Waals surface area (Å²) in [7, 11) is 0. The fraction of sp³-hybridized carbons (Fsp3) is 0.615. The smallest absolute Gasteiger partial charge is 0.310 e. The minimum Gasteiger partial charge on any atom is -0.466 e. The highest BCUT2D eigenvalue weighted by Crippen LogP contribution is 2.15. The Labute approximate surface area is 117 Å². The predicted molar refractivity (Wildman–Crippen MR) is 72.1 cm³/mol. The number of hydrogen-bond acceptors (Lipinski definition) is 5. The number of amides is 1. The van der Waals surface area contributed by atoms with Gasteiger partial charge < -0.3 is 15.4 Å². The Hall–Kier alpha value is -1.89. The van der Waals surface area contributed by atoms with Gasteiger partial charge in [0.2, 0.25) is 0 Å². The van der Waals surface area contributed by atoms with Crippen LogP contribution in [0, 0.1) is 5.92 Å². The van der Waals surface area contributed by atoms with Crippen LogP contribution < -0.4 is 10.6 Å². The number of aromatic nitrogens is 2. The number of nitrogens with one attached hydrogen (secondary N) is 3. The quantitative estimate of drug-likeness (QED) is 0.659. The van der Waals surface area contributed by atoms with Crippen molar-refractivity contribution in [1.29, 1.82) is 0 Å². The SMILES string of the molecule is CCOC(=O)C(C)CNC(=O)c1n[nH]c2c1CNCC2. The zero-order chi connectivity index (χ0) is 14.5. The number of hydrogen-bond donors (Lipinski definition) is 3. The van der Waals surface area contributed by atoms with Crippen LogP contribution in [0.5, 0.6) is 0 Å². The zero-order valence-corrected chi connectivity index (χ0v) is 11.8. The van der Waals surface area contributed by atoms with Crippen molar-refractivity contribution in [3.63, 3.8) is 0 Å². The second-order valence-corrected chi connectivity index (χ2v) is 4.82. The molecule has 0 radical (unpaired) electrons. The van der Waals surface area contributed by atoms with Crippen LogP contribution in [0.3, 0.4) is 0 Å². The van der Waals surface area contributed by atoms with Crippen molar-refractivity contribution >= 4 is 11.9 Å². The first-order valence-corrected chi connectivity index (χ1v) is 6.85. The molecule has 0 bridgehead atoms.